The van der Waals surface area contributed by atoms with E-state index in [0.29, 0.717) is 18.8 Å². The Bertz CT molecular complexity index is 410. The Hall–Kier alpha value is 0.547. The average Bonchev–Trinajstić information content (AvgIpc) is 1.44. The molecule has 0 atom stereocenters. The maximum atomic E-state index is 10.9. The topological polar surface area (TPSA) is 102 Å². The van der Waals surface area contributed by atoms with Gasteiger partial charge in [0.2, 0.25) is 0 Å². The molecule has 14 heavy (non-hydrogen) atoms. The van der Waals surface area contributed by atoms with Gasteiger partial charge in [-0.1, -0.05) is 0 Å². The van der Waals surface area contributed by atoms with Crippen molar-refractivity contribution in [3.63, 3.8) is 0 Å². The third kappa shape index (κ3) is 4.86. The largest absolute Gasteiger partial charge is 1.00 e. The molecule has 0 heterocycles. The molecule has 0 amide bonds. The van der Waals surface area contributed by atoms with Gasteiger partial charge in [0.05, 0.1) is 0 Å². The highest BCUT2D eigenvalue weighted by molar-refractivity contribution is 8.69. The van der Waals surface area contributed by atoms with Gasteiger partial charge in [-0.3, -0.25) is 0 Å². The third-order valence-electron chi connectivity index (χ3n) is 0.908. The summed E-state index contributed by atoms with van der Waals surface area (Å²) in [6.45, 7) is 0. The Labute approximate surface area is 94.8 Å². The first-order chi connectivity index (χ1) is 5.37. The average molecular weight is 345 g/mol. The van der Waals surface area contributed by atoms with Crippen LogP contribution >= 0.6 is 0 Å². The van der Waals surface area contributed by atoms with Crippen LogP contribution in [0.2, 0.25) is 0 Å². The summed E-state index contributed by atoms with van der Waals surface area (Å²) in [5.41, 5.74) is 0. The molecule has 0 aromatic heterocycles. The summed E-state index contributed by atoms with van der Waals surface area (Å²) in [6.07, 6.45) is -1.63. The Kier molecular flexibility index (Phi) is 5.56. The summed E-state index contributed by atoms with van der Waals surface area (Å²) in [5.74, 6) is 0. The van der Waals surface area contributed by atoms with Gasteiger partial charge in [-0.2, -0.15) is 0 Å². The van der Waals surface area contributed by atoms with Crippen LogP contribution in [0.15, 0.2) is 0 Å². The summed E-state index contributed by atoms with van der Waals surface area (Å²) >= 11 is 0. The molecule has 0 bridgehead atoms. The van der Waals surface area contributed by atoms with Crippen LogP contribution in [0.5, 0.6) is 0 Å². The van der Waals surface area contributed by atoms with E-state index in [1.807, 2.05) is 0 Å². The van der Waals surface area contributed by atoms with Crippen molar-refractivity contribution < 1.29 is 42.2 Å². The van der Waals surface area contributed by atoms with Crippen LogP contribution in [0.1, 0.15) is 0 Å². The van der Waals surface area contributed by atoms with Crippen LogP contribution in [0.3, 0.4) is 0 Å². The van der Waals surface area contributed by atoms with Crippen molar-refractivity contribution in [2.24, 2.45) is 0 Å². The van der Waals surface area contributed by atoms with Crippen molar-refractivity contribution in [2.45, 2.75) is 0 Å². The Morgan fingerprint density at radius 2 is 0.786 bits per heavy atom. The van der Waals surface area contributed by atoms with Crippen LogP contribution in [0, 0.1) is 0 Å². The van der Waals surface area contributed by atoms with Gasteiger partial charge >= 0.3 is 6.25 Å². The van der Waals surface area contributed by atoms with E-state index in [0.717, 1.165) is 0 Å². The standard InChI is InChI=1S/C3H9O6S3Si.BrH/c1-10(4,5)13(11(2,6)7)12(3,8)9;/h1-3H3;1H/p-1. The molecule has 0 rings (SSSR count). The van der Waals surface area contributed by atoms with Crippen molar-refractivity contribution in [3.8, 4) is 0 Å². The summed E-state index contributed by atoms with van der Waals surface area (Å²) in [7, 11) is -12.2. The summed E-state index contributed by atoms with van der Waals surface area (Å²) in [5, 5.41) is 0. The van der Waals surface area contributed by atoms with E-state index in [1.165, 1.54) is 0 Å². The van der Waals surface area contributed by atoms with Crippen molar-refractivity contribution in [1.82, 2.24) is 0 Å². The lowest BCUT2D eigenvalue weighted by Gasteiger charge is -2.05. The summed E-state index contributed by atoms with van der Waals surface area (Å²) < 4.78 is 65.5. The number of rotatable bonds is 3. The van der Waals surface area contributed by atoms with Gasteiger partial charge in [0.1, 0.15) is 0 Å². The van der Waals surface area contributed by atoms with Crippen LogP contribution in [0.4, 0.5) is 0 Å². The van der Waals surface area contributed by atoms with Crippen LogP contribution in [-0.2, 0) is 27.9 Å². The number of hydrogen-bond donors (Lipinski definition) is 0. The zero-order valence-electron chi connectivity index (χ0n) is 7.55. The highest BCUT2D eigenvalue weighted by atomic mass is 79.9. The fourth-order valence-electron chi connectivity index (χ4n) is 0.825. The smallest absolute Gasteiger partial charge is 0.488 e. The lowest BCUT2D eigenvalue weighted by molar-refractivity contribution is -0.00000995. The van der Waals surface area contributed by atoms with E-state index < -0.39 is 34.1 Å². The van der Waals surface area contributed by atoms with Gasteiger partial charge in [0.15, 0.2) is 27.9 Å². The fourth-order valence-corrected chi connectivity index (χ4v) is 22.3. The lowest BCUT2D eigenvalue weighted by atomic mass is 12.0. The molecule has 0 aromatic carbocycles. The van der Waals surface area contributed by atoms with E-state index in [1.54, 1.807) is 0 Å². The van der Waals surface area contributed by atoms with Gasteiger partial charge in [0, 0.05) is 18.8 Å². The molecule has 0 spiro atoms. The second-order valence-electron chi connectivity index (χ2n) is 2.57. The SMILES string of the molecule is CS(=O)(=O)[Si](S(C)(=O)=O)S(C)(=O)=O.[Br-]. The molecule has 1 radical (unpaired) electrons. The van der Waals surface area contributed by atoms with Crippen LogP contribution in [-0.4, -0.2) is 50.3 Å². The molecule has 0 unspecified atom stereocenters. The minimum absolute atomic E-state index is 0. The molecule has 0 aromatic rings. The Morgan fingerprint density at radius 1 is 0.643 bits per heavy atom. The Balaban J connectivity index is 0. The molecule has 6 nitrogen and oxygen atoms in total. The molecular formula is C3H9BrO6S3Si-. The second kappa shape index (κ2) is 4.59. The first kappa shape index (κ1) is 17.0. The van der Waals surface area contributed by atoms with Gasteiger partial charge in [0.25, 0.3) is 0 Å². The zero-order chi connectivity index (χ0) is 11.1. The molecule has 11 heteroatoms. The van der Waals surface area contributed by atoms with Crippen molar-refractivity contribution in [2.75, 3.05) is 18.8 Å². The monoisotopic (exact) mass is 344 g/mol. The molecular weight excluding hydrogens is 336 g/mol. The van der Waals surface area contributed by atoms with Gasteiger partial charge in [-0.05, 0) is 0 Å². The normalized spacial score (nSPS) is 13.7. The highest BCUT2D eigenvalue weighted by Crippen LogP contribution is 2.08. The molecule has 0 fully saturated rings. The number of hydrogen-bond acceptors (Lipinski definition) is 6. The molecule has 0 saturated heterocycles. The quantitative estimate of drug-likeness (QED) is 0.475. The van der Waals surface area contributed by atoms with Gasteiger partial charge in [-0.15, -0.1) is 0 Å². The van der Waals surface area contributed by atoms with E-state index in [9.17, 15) is 25.3 Å². The molecule has 87 valence electrons. The second-order valence-corrected chi connectivity index (χ2v) is 20.4. The molecule has 0 N–H and O–H groups in total. The zero-order valence-corrected chi connectivity index (χ0v) is 12.6. The van der Waals surface area contributed by atoms with Crippen molar-refractivity contribution in [1.29, 1.82) is 0 Å². The highest BCUT2D eigenvalue weighted by Gasteiger charge is 2.46. The molecule has 0 saturated carbocycles. The van der Waals surface area contributed by atoms with Gasteiger partial charge in [-0.25, -0.2) is 25.3 Å². The predicted molar refractivity (Wildman–Crippen MR) is 50.3 cm³/mol. The van der Waals surface area contributed by atoms with E-state index in [2.05, 4.69) is 0 Å². The third-order valence-corrected chi connectivity index (χ3v) is 24.5. The van der Waals surface area contributed by atoms with Gasteiger partial charge < -0.3 is 17.0 Å². The van der Waals surface area contributed by atoms with E-state index >= 15 is 0 Å². The minimum atomic E-state index is -4.05. The van der Waals surface area contributed by atoms with E-state index in [-0.39, 0.29) is 17.0 Å². The first-order valence-electron chi connectivity index (χ1n) is 2.84. The van der Waals surface area contributed by atoms with Crippen LogP contribution in [0.25, 0.3) is 0 Å². The lowest BCUT2D eigenvalue weighted by Crippen LogP contribution is -3.00. The maximum Gasteiger partial charge on any atom is 0.488 e. The van der Waals surface area contributed by atoms with Crippen molar-refractivity contribution >= 4 is 34.1 Å². The minimum Gasteiger partial charge on any atom is -1.00 e. The van der Waals surface area contributed by atoms with E-state index in [4.69, 9.17) is 0 Å². The summed E-state index contributed by atoms with van der Waals surface area (Å²) in [4.78, 5) is 0. The van der Waals surface area contributed by atoms with Crippen LogP contribution < -0.4 is 17.0 Å². The number of halogens is 1. The van der Waals surface area contributed by atoms with Crippen molar-refractivity contribution in [3.05, 3.63) is 0 Å². The Morgan fingerprint density at radius 3 is 0.786 bits per heavy atom. The molecule has 0 aliphatic heterocycles. The maximum absolute atomic E-state index is 10.9. The fraction of sp³-hybridized carbons (Fsp3) is 1.00. The predicted octanol–water partition coefficient (Wildman–Crippen LogP) is -4.89. The summed E-state index contributed by atoms with van der Waals surface area (Å²) in [6, 6.07) is 0. The first-order valence-corrected chi connectivity index (χ1v) is 12.2. The molecule has 0 aliphatic rings. The molecule has 0 aliphatic carbocycles.